The topological polar surface area (TPSA) is 115 Å². The van der Waals surface area contributed by atoms with Gasteiger partial charge in [-0.3, -0.25) is 9.59 Å². The lowest BCUT2D eigenvalue weighted by molar-refractivity contribution is -0.192. The summed E-state index contributed by atoms with van der Waals surface area (Å²) in [6, 6.07) is 8.48. The molecule has 0 unspecified atom stereocenters. The van der Waals surface area contributed by atoms with Crippen LogP contribution in [0.4, 0.5) is 9.59 Å². The molecule has 1 saturated carbocycles. The molecule has 4 rings (SSSR count). The first-order valence-electron chi connectivity index (χ1n) is 14.4. The van der Waals surface area contributed by atoms with Crippen molar-refractivity contribution in [3.05, 3.63) is 48.6 Å². The van der Waals surface area contributed by atoms with E-state index in [4.69, 9.17) is 11.2 Å². The smallest absolute Gasteiger partial charge is 0.407 e. The van der Waals surface area contributed by atoms with Crippen LogP contribution in [0.15, 0.2) is 43.0 Å². The van der Waals surface area contributed by atoms with Gasteiger partial charge in [-0.25, -0.2) is 14.6 Å². The maximum atomic E-state index is 13.9. The Balaban J connectivity index is 1.56. The molecule has 3 fully saturated rings. The predicted octanol–water partition coefficient (Wildman–Crippen LogP) is 2.45. The number of nitrogens with one attached hydrogen (secondary N) is 2. The molecule has 0 spiro atoms. The number of carbonyl (C=O) groups is 4. The van der Waals surface area contributed by atoms with Gasteiger partial charge in [0.25, 0.3) is 0 Å². The van der Waals surface area contributed by atoms with Crippen LogP contribution in [-0.2, 0) is 20.9 Å². The molecule has 0 radical (unpaired) electrons. The minimum absolute atomic E-state index is 0.0558. The normalized spacial score (nSPS) is 21.6. The molecule has 1 aromatic carbocycles. The van der Waals surface area contributed by atoms with Crippen LogP contribution in [0.3, 0.4) is 0 Å². The summed E-state index contributed by atoms with van der Waals surface area (Å²) in [5.41, 5.74) is 0.939. The molecule has 0 bridgehead atoms. The van der Waals surface area contributed by atoms with Crippen molar-refractivity contribution in [2.75, 3.05) is 32.8 Å². The van der Waals surface area contributed by atoms with E-state index in [1.54, 1.807) is 9.91 Å². The number of ether oxygens (including phenoxy) is 1. The van der Waals surface area contributed by atoms with Crippen molar-refractivity contribution >= 4 is 23.9 Å². The maximum Gasteiger partial charge on any atom is 0.407 e. The number of carbonyl (C=O) groups excluding carboxylic acids is 4. The summed E-state index contributed by atoms with van der Waals surface area (Å²) in [6.45, 7) is 4.39. The van der Waals surface area contributed by atoms with Crippen molar-refractivity contribution in [3.63, 3.8) is 0 Å². The van der Waals surface area contributed by atoms with Gasteiger partial charge in [0.2, 0.25) is 11.8 Å². The van der Waals surface area contributed by atoms with Gasteiger partial charge in [-0.15, -0.1) is 6.42 Å². The molecular formula is C30H40N6O5. The first-order chi connectivity index (χ1) is 19.9. The lowest BCUT2D eigenvalue weighted by atomic mass is 9.91. The average molecular weight is 565 g/mol. The fourth-order valence-corrected chi connectivity index (χ4v) is 5.92. The van der Waals surface area contributed by atoms with Crippen LogP contribution >= 0.6 is 0 Å². The Labute approximate surface area is 241 Å². The van der Waals surface area contributed by atoms with Crippen molar-refractivity contribution < 1.29 is 23.9 Å². The van der Waals surface area contributed by atoms with Crippen molar-refractivity contribution in [1.29, 1.82) is 0 Å². The number of hydrogen-bond acceptors (Lipinski definition) is 6. The third kappa shape index (κ3) is 7.38. The highest BCUT2D eigenvalue weighted by atomic mass is 16.5. The number of alkyl carbamates (subject to hydrolysis) is 1. The highest BCUT2D eigenvalue weighted by Gasteiger charge is 2.52. The Bertz CT molecular complexity index is 1130. The molecule has 1 aliphatic carbocycles. The van der Waals surface area contributed by atoms with Crippen LogP contribution < -0.4 is 10.6 Å². The Hall–Kier alpha value is -4.04. The molecule has 2 heterocycles. The van der Waals surface area contributed by atoms with E-state index in [2.05, 4.69) is 23.1 Å². The number of benzene rings is 1. The van der Waals surface area contributed by atoms with Crippen LogP contribution in [0.5, 0.6) is 0 Å². The van der Waals surface area contributed by atoms with E-state index in [0.29, 0.717) is 19.4 Å². The molecule has 5 amide bonds. The number of urea groups is 1. The number of fused-ring (bicyclic) bond motifs is 1. The third-order valence-corrected chi connectivity index (χ3v) is 7.82. The number of terminal acetylenes is 1. The second-order valence-electron chi connectivity index (χ2n) is 10.6. The number of amides is 5. The first-order valence-corrected chi connectivity index (χ1v) is 14.4. The largest absolute Gasteiger partial charge is 0.445 e. The van der Waals surface area contributed by atoms with Crippen molar-refractivity contribution in [1.82, 2.24) is 30.5 Å². The molecular weight excluding hydrogens is 524 g/mol. The Morgan fingerprint density at radius 1 is 1.12 bits per heavy atom. The highest BCUT2D eigenvalue weighted by molar-refractivity contribution is 5.91. The van der Waals surface area contributed by atoms with Crippen molar-refractivity contribution in [2.45, 2.75) is 69.7 Å². The van der Waals surface area contributed by atoms with Gasteiger partial charge in [-0.05, 0) is 31.2 Å². The minimum Gasteiger partial charge on any atom is -0.445 e. The number of hydrazine groups is 1. The second kappa shape index (κ2) is 14.6. The molecule has 1 aromatic rings. The quantitative estimate of drug-likeness (QED) is 0.256. The second-order valence-corrected chi connectivity index (χ2v) is 10.6. The predicted molar refractivity (Wildman–Crippen MR) is 153 cm³/mol. The third-order valence-electron chi connectivity index (χ3n) is 7.82. The minimum atomic E-state index is -0.758. The zero-order chi connectivity index (χ0) is 29.2. The summed E-state index contributed by atoms with van der Waals surface area (Å²) in [5.74, 6) is 2.21. The summed E-state index contributed by atoms with van der Waals surface area (Å²) in [7, 11) is 0. The van der Waals surface area contributed by atoms with Crippen LogP contribution in [0, 0.1) is 12.3 Å². The SMILES string of the molecule is C#CCN1CC(=O)N2[C@@H](CCCNC(=O)OCC=C)C(=O)N(C3CCCCC3)C[C@@H]2N1C(=O)NCc1ccccc1. The zero-order valence-electron chi connectivity index (χ0n) is 23.5. The fraction of sp³-hybridized carbons (Fsp3) is 0.533. The van der Waals surface area contributed by atoms with Crippen LogP contribution in [0.1, 0.15) is 50.5 Å². The summed E-state index contributed by atoms with van der Waals surface area (Å²) in [5, 5.41) is 8.77. The summed E-state index contributed by atoms with van der Waals surface area (Å²) in [6.07, 6.45) is 11.6. The van der Waals surface area contributed by atoms with Gasteiger partial charge in [0.15, 0.2) is 0 Å². The number of hydrogen-bond donors (Lipinski definition) is 2. The summed E-state index contributed by atoms with van der Waals surface area (Å²) < 4.78 is 4.95. The Morgan fingerprint density at radius 2 is 1.88 bits per heavy atom. The van der Waals surface area contributed by atoms with E-state index >= 15 is 0 Å². The number of nitrogens with zero attached hydrogens (tertiary/aromatic N) is 4. The molecule has 220 valence electrons. The van der Waals surface area contributed by atoms with E-state index in [1.165, 1.54) is 11.1 Å². The van der Waals surface area contributed by atoms with Gasteiger partial charge >= 0.3 is 12.1 Å². The highest BCUT2D eigenvalue weighted by Crippen LogP contribution is 2.32. The lowest BCUT2D eigenvalue weighted by Crippen LogP contribution is -2.77. The maximum absolute atomic E-state index is 13.9. The Morgan fingerprint density at radius 3 is 2.59 bits per heavy atom. The Kier molecular flexibility index (Phi) is 10.6. The van der Waals surface area contributed by atoms with Crippen molar-refractivity contribution in [3.8, 4) is 12.3 Å². The van der Waals surface area contributed by atoms with Crippen molar-refractivity contribution in [2.24, 2.45) is 0 Å². The summed E-state index contributed by atoms with van der Waals surface area (Å²) in [4.78, 5) is 56.5. The molecule has 2 aliphatic heterocycles. The molecule has 2 N–H and O–H groups in total. The van der Waals surface area contributed by atoms with Gasteiger partial charge in [0, 0.05) is 19.1 Å². The van der Waals surface area contributed by atoms with E-state index in [1.807, 2.05) is 35.2 Å². The first kappa shape index (κ1) is 29.9. The molecule has 2 atom stereocenters. The van der Waals surface area contributed by atoms with E-state index in [-0.39, 0.29) is 56.7 Å². The monoisotopic (exact) mass is 564 g/mol. The van der Waals surface area contributed by atoms with Gasteiger partial charge < -0.3 is 25.2 Å². The van der Waals surface area contributed by atoms with Gasteiger partial charge in [0.05, 0.1) is 19.6 Å². The molecule has 0 aromatic heterocycles. The van der Waals surface area contributed by atoms with E-state index in [0.717, 1.165) is 37.7 Å². The molecule has 11 nitrogen and oxygen atoms in total. The summed E-state index contributed by atoms with van der Waals surface area (Å²) >= 11 is 0. The zero-order valence-corrected chi connectivity index (χ0v) is 23.5. The molecule has 2 saturated heterocycles. The molecule has 41 heavy (non-hydrogen) atoms. The van der Waals surface area contributed by atoms with E-state index in [9.17, 15) is 19.2 Å². The lowest BCUT2D eigenvalue weighted by Gasteiger charge is -2.56. The average Bonchev–Trinajstić information content (AvgIpc) is 2.99. The van der Waals surface area contributed by atoms with Crippen LogP contribution in [0.2, 0.25) is 0 Å². The van der Waals surface area contributed by atoms with Crippen LogP contribution in [-0.4, -0.2) is 94.8 Å². The van der Waals surface area contributed by atoms with Crippen LogP contribution in [0.25, 0.3) is 0 Å². The molecule has 3 aliphatic rings. The fourth-order valence-electron chi connectivity index (χ4n) is 5.92. The van der Waals surface area contributed by atoms with Gasteiger partial charge in [0.1, 0.15) is 18.8 Å². The number of rotatable bonds is 10. The number of piperazine rings is 1. The molecule has 11 heteroatoms. The van der Waals surface area contributed by atoms with Gasteiger partial charge in [-0.1, -0.05) is 68.2 Å². The van der Waals surface area contributed by atoms with E-state index < -0.39 is 18.3 Å². The van der Waals surface area contributed by atoms with Gasteiger partial charge in [-0.2, -0.15) is 5.01 Å². The standard InChI is InChI=1S/C30H40N6O5/c1-3-18-33-22-27(37)35-25(16-11-17-31-30(40)41-19-4-2)28(38)34(24-14-9-6-10-15-24)21-26(35)36(33)29(39)32-20-23-12-7-5-8-13-23/h1,4-5,7-8,12-13,24-26H,2,6,9-11,14-22H2,(H,31,40)(H,32,39)/t25-,26-/m0/s1.